The van der Waals surface area contributed by atoms with Gasteiger partial charge in [-0.2, -0.15) is 13.2 Å². The highest BCUT2D eigenvalue weighted by Gasteiger charge is 2.34. The molecule has 27 heavy (non-hydrogen) atoms. The van der Waals surface area contributed by atoms with Gasteiger partial charge in [-0.1, -0.05) is 25.4 Å². The van der Waals surface area contributed by atoms with Crippen LogP contribution in [0.15, 0.2) is 30.5 Å². The fraction of sp³-hybridized carbons (Fsp3) is 0.333. The summed E-state index contributed by atoms with van der Waals surface area (Å²) < 4.78 is 45.2. The lowest BCUT2D eigenvalue weighted by Gasteiger charge is -2.12. The van der Waals surface area contributed by atoms with Gasteiger partial charge in [-0.25, -0.2) is 15.0 Å². The van der Waals surface area contributed by atoms with Crippen molar-refractivity contribution in [3.8, 4) is 11.4 Å². The van der Waals surface area contributed by atoms with Crippen LogP contribution in [-0.2, 0) is 17.5 Å². The Balaban J connectivity index is 2.02. The van der Waals surface area contributed by atoms with Gasteiger partial charge in [-0.3, -0.25) is 4.98 Å². The van der Waals surface area contributed by atoms with Crippen LogP contribution in [0.3, 0.4) is 0 Å². The minimum Gasteiger partial charge on any atom is -0.373 e. The van der Waals surface area contributed by atoms with Gasteiger partial charge in [-0.15, -0.1) is 0 Å². The Morgan fingerprint density at radius 1 is 1.11 bits per heavy atom. The molecule has 142 valence electrons. The number of nitrogens with zero attached hydrogens (tertiary/aromatic N) is 4. The number of alkyl halides is 3. The van der Waals surface area contributed by atoms with Crippen molar-refractivity contribution in [3.05, 3.63) is 47.0 Å². The largest absolute Gasteiger partial charge is 0.418 e. The first-order valence-corrected chi connectivity index (χ1v) is 8.57. The number of hydrogen-bond acceptors (Lipinski definition) is 5. The van der Waals surface area contributed by atoms with Gasteiger partial charge in [0.2, 0.25) is 0 Å². The third kappa shape index (κ3) is 4.51. The highest BCUT2D eigenvalue weighted by molar-refractivity contribution is 6.33. The van der Waals surface area contributed by atoms with Gasteiger partial charge in [0.05, 0.1) is 16.6 Å². The maximum Gasteiger partial charge on any atom is 0.418 e. The first-order chi connectivity index (χ1) is 12.8. The lowest BCUT2D eigenvalue weighted by atomic mass is 10.1. The van der Waals surface area contributed by atoms with Gasteiger partial charge in [-0.05, 0) is 30.2 Å². The second kappa shape index (κ2) is 7.74. The molecular weight excluding hydrogens is 381 g/mol. The molecule has 0 saturated heterocycles. The molecule has 0 radical (unpaired) electrons. The quantitative estimate of drug-likeness (QED) is 0.572. The average Bonchev–Trinajstić information content (AvgIpc) is 2.60. The number of pyridine rings is 2. The molecule has 3 aromatic rings. The van der Waals surface area contributed by atoms with Crippen molar-refractivity contribution in [2.75, 3.05) is 6.61 Å². The van der Waals surface area contributed by atoms with Crippen LogP contribution in [0.25, 0.3) is 22.4 Å². The number of aromatic nitrogens is 4. The van der Waals surface area contributed by atoms with Crippen molar-refractivity contribution >= 4 is 22.6 Å². The standard InChI is InChI=1S/C18H16ClF3N4O/c1-10(2)8-27-9-14-25-16(19)11-5-6-13(24-17(11)26-14)15-12(18(20,21)22)4-3-7-23-15/h3-7,10H,8-9H2,1-2H3. The molecule has 3 aromatic heterocycles. The van der Waals surface area contributed by atoms with Gasteiger partial charge in [0.15, 0.2) is 11.5 Å². The summed E-state index contributed by atoms with van der Waals surface area (Å²) in [6.07, 6.45) is -3.26. The zero-order valence-electron chi connectivity index (χ0n) is 14.6. The minimum absolute atomic E-state index is 0.0549. The van der Waals surface area contributed by atoms with Crippen LogP contribution in [0.4, 0.5) is 13.2 Å². The molecule has 0 atom stereocenters. The number of fused-ring (bicyclic) bond motifs is 1. The van der Waals surface area contributed by atoms with Crippen molar-refractivity contribution in [2.24, 2.45) is 5.92 Å². The molecule has 0 unspecified atom stereocenters. The predicted molar refractivity (Wildman–Crippen MR) is 95.1 cm³/mol. The molecule has 3 heterocycles. The summed E-state index contributed by atoms with van der Waals surface area (Å²) in [6, 6.07) is 5.15. The van der Waals surface area contributed by atoms with E-state index in [2.05, 4.69) is 19.9 Å². The highest BCUT2D eigenvalue weighted by atomic mass is 35.5. The molecule has 9 heteroatoms. The summed E-state index contributed by atoms with van der Waals surface area (Å²) >= 11 is 6.16. The van der Waals surface area contributed by atoms with Crippen molar-refractivity contribution in [1.82, 2.24) is 19.9 Å². The number of rotatable bonds is 5. The van der Waals surface area contributed by atoms with Gasteiger partial charge in [0.25, 0.3) is 0 Å². The lowest BCUT2D eigenvalue weighted by molar-refractivity contribution is -0.137. The van der Waals surface area contributed by atoms with E-state index in [1.807, 2.05) is 13.8 Å². The summed E-state index contributed by atoms with van der Waals surface area (Å²) in [6.45, 7) is 4.67. The normalized spacial score (nSPS) is 12.1. The molecule has 0 N–H and O–H groups in total. The summed E-state index contributed by atoms with van der Waals surface area (Å²) in [5, 5.41) is 0.608. The van der Waals surface area contributed by atoms with Gasteiger partial charge in [0.1, 0.15) is 17.5 Å². The van der Waals surface area contributed by atoms with E-state index >= 15 is 0 Å². The van der Waals surface area contributed by atoms with Crippen molar-refractivity contribution in [3.63, 3.8) is 0 Å². The zero-order valence-corrected chi connectivity index (χ0v) is 15.3. The fourth-order valence-corrected chi connectivity index (χ4v) is 2.68. The number of ether oxygens (including phenoxy) is 1. The Morgan fingerprint density at radius 2 is 1.89 bits per heavy atom. The van der Waals surface area contributed by atoms with Crippen molar-refractivity contribution in [1.29, 1.82) is 0 Å². The highest BCUT2D eigenvalue weighted by Crippen LogP contribution is 2.35. The maximum absolute atomic E-state index is 13.2. The second-order valence-corrected chi connectivity index (χ2v) is 6.66. The molecule has 0 amide bonds. The van der Waals surface area contributed by atoms with Gasteiger partial charge in [0, 0.05) is 12.8 Å². The van der Waals surface area contributed by atoms with E-state index in [1.54, 1.807) is 0 Å². The first kappa shape index (κ1) is 19.4. The zero-order chi connectivity index (χ0) is 19.6. The SMILES string of the molecule is CC(C)COCc1nc(Cl)c2ccc(-c3ncccc3C(F)(F)F)nc2n1. The monoisotopic (exact) mass is 396 g/mol. The van der Waals surface area contributed by atoms with Gasteiger partial charge < -0.3 is 4.74 Å². The van der Waals surface area contributed by atoms with Crippen LogP contribution in [0, 0.1) is 5.92 Å². The topological polar surface area (TPSA) is 60.8 Å². The average molecular weight is 397 g/mol. The van der Waals surface area contributed by atoms with Gasteiger partial charge >= 0.3 is 6.18 Å². The lowest BCUT2D eigenvalue weighted by Crippen LogP contribution is -2.09. The van der Waals surface area contributed by atoms with Crippen LogP contribution in [0.2, 0.25) is 5.15 Å². The van der Waals surface area contributed by atoms with Crippen LogP contribution in [0.5, 0.6) is 0 Å². The summed E-state index contributed by atoms with van der Waals surface area (Å²) in [4.78, 5) is 16.5. The minimum atomic E-state index is -4.54. The molecule has 3 rings (SSSR count). The molecule has 0 bridgehead atoms. The van der Waals surface area contributed by atoms with E-state index in [0.717, 1.165) is 6.07 Å². The van der Waals surface area contributed by atoms with Crippen LogP contribution in [-0.4, -0.2) is 26.5 Å². The van der Waals surface area contributed by atoms with E-state index in [0.29, 0.717) is 23.7 Å². The third-order valence-electron chi connectivity index (χ3n) is 3.60. The Bertz CT molecular complexity index is 963. The molecule has 0 fully saturated rings. The van der Waals surface area contributed by atoms with Crippen LogP contribution in [0.1, 0.15) is 25.2 Å². The number of halogens is 4. The number of hydrogen-bond donors (Lipinski definition) is 0. The van der Waals surface area contributed by atoms with E-state index < -0.39 is 11.7 Å². The molecule has 5 nitrogen and oxygen atoms in total. The van der Waals surface area contributed by atoms with E-state index in [4.69, 9.17) is 16.3 Å². The third-order valence-corrected chi connectivity index (χ3v) is 3.89. The molecule has 0 aliphatic rings. The Morgan fingerprint density at radius 3 is 2.59 bits per heavy atom. The molecular formula is C18H16ClF3N4O. The van der Waals surface area contributed by atoms with Crippen LogP contribution >= 0.6 is 11.6 Å². The molecule has 0 spiro atoms. The van der Waals surface area contributed by atoms with E-state index in [-0.39, 0.29) is 28.8 Å². The van der Waals surface area contributed by atoms with E-state index in [9.17, 15) is 13.2 Å². The second-order valence-electron chi connectivity index (χ2n) is 6.30. The van der Waals surface area contributed by atoms with Crippen molar-refractivity contribution < 1.29 is 17.9 Å². The van der Waals surface area contributed by atoms with E-state index in [1.165, 1.54) is 24.4 Å². The smallest absolute Gasteiger partial charge is 0.373 e. The Kier molecular flexibility index (Phi) is 5.57. The maximum atomic E-state index is 13.2. The fourth-order valence-electron chi connectivity index (χ4n) is 2.44. The van der Waals surface area contributed by atoms with Crippen LogP contribution < -0.4 is 0 Å². The molecule has 0 aliphatic carbocycles. The summed E-state index contributed by atoms with van der Waals surface area (Å²) in [5.41, 5.74) is -0.884. The Labute approximate surface area is 158 Å². The molecule has 0 aliphatic heterocycles. The summed E-state index contributed by atoms with van der Waals surface area (Å²) in [7, 11) is 0. The molecule has 0 aromatic carbocycles. The predicted octanol–water partition coefficient (Wildman–Crippen LogP) is 4.93. The Hall–Kier alpha value is -2.32. The van der Waals surface area contributed by atoms with Crippen molar-refractivity contribution in [2.45, 2.75) is 26.6 Å². The molecule has 0 saturated carbocycles. The summed E-state index contributed by atoms with van der Waals surface area (Å²) in [5.74, 6) is 0.658. The first-order valence-electron chi connectivity index (χ1n) is 8.19.